The lowest BCUT2D eigenvalue weighted by Crippen LogP contribution is -2.28. The number of sulfone groups is 1. The van der Waals surface area contributed by atoms with Gasteiger partial charge in [-0.2, -0.15) is 0 Å². The topological polar surface area (TPSA) is 146 Å². The van der Waals surface area contributed by atoms with Crippen LogP contribution in [0.5, 0.6) is 0 Å². The monoisotopic (exact) mass is 560 g/mol. The number of pyridine rings is 1. The van der Waals surface area contributed by atoms with Crippen molar-refractivity contribution in [2.75, 3.05) is 11.1 Å². The summed E-state index contributed by atoms with van der Waals surface area (Å²) in [6.07, 6.45) is 9.07. The van der Waals surface area contributed by atoms with Crippen molar-refractivity contribution >= 4 is 26.8 Å². The Hall–Kier alpha value is -3.80. The van der Waals surface area contributed by atoms with E-state index < -0.39 is 9.84 Å². The van der Waals surface area contributed by atoms with Crippen molar-refractivity contribution in [1.29, 1.82) is 0 Å². The zero-order valence-electron chi connectivity index (χ0n) is 22.8. The van der Waals surface area contributed by atoms with Crippen LogP contribution in [0.2, 0.25) is 0 Å². The van der Waals surface area contributed by atoms with E-state index in [1.54, 1.807) is 30.1 Å². The standard InChI is InChI=1S/C28H32N8O3S/c1-4-40(38,39)20-10-9-19(29-12-20)11-30-26-28(37)36(14-16(2)3)27-21(34-26)13-31-25(35-27)22-23(17-5-6-17)32-15-33-24(22)18-7-8-18/h9-10,12-13,15-18H,4-8,11,14H2,1-3H3,(H,30,34). The largest absolute Gasteiger partial charge is 0.360 e. The minimum Gasteiger partial charge on any atom is -0.360 e. The van der Waals surface area contributed by atoms with Gasteiger partial charge in [0.2, 0.25) is 0 Å². The Labute approximate surface area is 232 Å². The van der Waals surface area contributed by atoms with Gasteiger partial charge in [-0.3, -0.25) is 14.3 Å². The quantitative estimate of drug-likeness (QED) is 0.303. The fraction of sp³-hybridized carbons (Fsp3) is 0.464. The number of hydrogen-bond donors (Lipinski definition) is 1. The first kappa shape index (κ1) is 26.4. The molecule has 12 heteroatoms. The number of aromatic nitrogens is 7. The maximum absolute atomic E-state index is 13.6. The normalized spacial score (nSPS) is 15.6. The lowest BCUT2D eigenvalue weighted by Gasteiger charge is -2.16. The summed E-state index contributed by atoms with van der Waals surface area (Å²) in [5.41, 5.74) is 4.21. The number of nitrogens with zero attached hydrogens (tertiary/aromatic N) is 7. The van der Waals surface area contributed by atoms with Gasteiger partial charge in [0.05, 0.1) is 46.0 Å². The first-order chi connectivity index (χ1) is 19.2. The average molecular weight is 561 g/mol. The third-order valence-electron chi connectivity index (χ3n) is 7.26. The van der Waals surface area contributed by atoms with Gasteiger partial charge in [0, 0.05) is 24.6 Å². The molecule has 2 saturated carbocycles. The third-order valence-corrected chi connectivity index (χ3v) is 8.98. The number of hydrogen-bond acceptors (Lipinski definition) is 10. The number of nitrogens with one attached hydrogen (secondary N) is 1. The molecule has 0 radical (unpaired) electrons. The molecule has 0 spiro atoms. The van der Waals surface area contributed by atoms with Crippen molar-refractivity contribution in [3.05, 3.63) is 58.3 Å². The van der Waals surface area contributed by atoms with Crippen LogP contribution in [0.25, 0.3) is 22.6 Å². The summed E-state index contributed by atoms with van der Waals surface area (Å²) in [6, 6.07) is 3.16. The van der Waals surface area contributed by atoms with Crippen LogP contribution in [0.15, 0.2) is 40.5 Å². The Morgan fingerprint density at radius 1 is 0.975 bits per heavy atom. The molecule has 4 aromatic heterocycles. The predicted molar refractivity (Wildman–Crippen MR) is 151 cm³/mol. The molecule has 0 amide bonds. The zero-order chi connectivity index (χ0) is 28.0. The van der Waals surface area contributed by atoms with E-state index in [9.17, 15) is 13.2 Å². The van der Waals surface area contributed by atoms with E-state index >= 15 is 0 Å². The van der Waals surface area contributed by atoms with Crippen molar-refractivity contribution < 1.29 is 8.42 Å². The SMILES string of the molecule is CCS(=O)(=O)c1ccc(CNc2nc3cnc(-c4c(C5CC5)ncnc4C4CC4)nc3n(CC(C)C)c2=O)nc1. The fourth-order valence-electron chi connectivity index (χ4n) is 4.82. The van der Waals surface area contributed by atoms with Gasteiger partial charge in [0.1, 0.15) is 11.8 Å². The highest BCUT2D eigenvalue weighted by Crippen LogP contribution is 2.48. The fourth-order valence-corrected chi connectivity index (χ4v) is 5.64. The molecule has 0 atom stereocenters. The molecule has 2 aliphatic carbocycles. The van der Waals surface area contributed by atoms with Gasteiger partial charge in [0.15, 0.2) is 27.1 Å². The van der Waals surface area contributed by atoms with E-state index in [1.807, 2.05) is 13.8 Å². The third kappa shape index (κ3) is 5.19. The van der Waals surface area contributed by atoms with Crippen molar-refractivity contribution in [2.24, 2.45) is 5.92 Å². The van der Waals surface area contributed by atoms with E-state index in [4.69, 9.17) is 9.97 Å². The maximum Gasteiger partial charge on any atom is 0.294 e. The van der Waals surface area contributed by atoms with Crippen LogP contribution < -0.4 is 10.9 Å². The molecule has 1 N–H and O–H groups in total. The van der Waals surface area contributed by atoms with Crippen molar-refractivity contribution in [3.63, 3.8) is 0 Å². The molecule has 0 saturated heterocycles. The van der Waals surface area contributed by atoms with Crippen LogP contribution in [0.1, 0.15) is 75.4 Å². The summed E-state index contributed by atoms with van der Waals surface area (Å²) < 4.78 is 25.8. The van der Waals surface area contributed by atoms with Crippen LogP contribution in [0, 0.1) is 5.92 Å². The second-order valence-electron chi connectivity index (χ2n) is 11.0. The molecule has 6 rings (SSSR count). The minimum atomic E-state index is -3.33. The van der Waals surface area contributed by atoms with Crippen molar-refractivity contribution in [3.8, 4) is 11.4 Å². The molecule has 2 fully saturated rings. The van der Waals surface area contributed by atoms with E-state index in [1.165, 1.54) is 12.3 Å². The van der Waals surface area contributed by atoms with E-state index in [0.717, 1.165) is 42.6 Å². The first-order valence-corrected chi connectivity index (χ1v) is 15.4. The van der Waals surface area contributed by atoms with Crippen LogP contribution in [0.3, 0.4) is 0 Å². The Bertz CT molecular complexity index is 1710. The number of anilines is 1. The lowest BCUT2D eigenvalue weighted by atomic mass is 10.0. The highest BCUT2D eigenvalue weighted by Gasteiger charge is 2.35. The number of rotatable bonds is 10. The van der Waals surface area contributed by atoms with Crippen LogP contribution in [0.4, 0.5) is 5.82 Å². The van der Waals surface area contributed by atoms with Crippen LogP contribution in [-0.2, 0) is 22.9 Å². The Morgan fingerprint density at radius 2 is 1.68 bits per heavy atom. The predicted octanol–water partition coefficient (Wildman–Crippen LogP) is 3.86. The Morgan fingerprint density at radius 3 is 2.25 bits per heavy atom. The highest BCUT2D eigenvalue weighted by molar-refractivity contribution is 7.91. The molecule has 0 unspecified atom stereocenters. The van der Waals surface area contributed by atoms with Crippen molar-refractivity contribution in [2.45, 2.75) is 76.3 Å². The van der Waals surface area contributed by atoms with Gasteiger partial charge in [-0.25, -0.2) is 33.3 Å². The molecule has 4 aromatic rings. The van der Waals surface area contributed by atoms with Gasteiger partial charge in [0.25, 0.3) is 5.56 Å². The summed E-state index contributed by atoms with van der Waals surface area (Å²) in [5, 5.41) is 3.09. The maximum atomic E-state index is 13.6. The smallest absolute Gasteiger partial charge is 0.294 e. The molecule has 0 aliphatic heterocycles. The van der Waals surface area contributed by atoms with E-state index in [-0.39, 0.29) is 34.5 Å². The second-order valence-corrected chi connectivity index (χ2v) is 13.3. The van der Waals surface area contributed by atoms with E-state index in [2.05, 4.69) is 25.3 Å². The van der Waals surface area contributed by atoms with Crippen LogP contribution >= 0.6 is 0 Å². The van der Waals surface area contributed by atoms with Gasteiger partial charge in [-0.1, -0.05) is 20.8 Å². The molecular weight excluding hydrogens is 528 g/mol. The molecule has 4 heterocycles. The molecule has 0 aromatic carbocycles. The first-order valence-electron chi connectivity index (χ1n) is 13.8. The summed E-state index contributed by atoms with van der Waals surface area (Å²) in [7, 11) is -3.33. The average Bonchev–Trinajstić information content (AvgIpc) is 3.87. The molecule has 0 bridgehead atoms. The van der Waals surface area contributed by atoms with E-state index in [0.29, 0.717) is 41.1 Å². The molecule has 2 aliphatic rings. The highest BCUT2D eigenvalue weighted by atomic mass is 32.2. The molecule has 40 heavy (non-hydrogen) atoms. The van der Waals surface area contributed by atoms with Gasteiger partial charge >= 0.3 is 0 Å². The van der Waals surface area contributed by atoms with Gasteiger partial charge in [-0.05, 0) is 43.7 Å². The lowest BCUT2D eigenvalue weighted by molar-refractivity contribution is 0.520. The molecule has 208 valence electrons. The summed E-state index contributed by atoms with van der Waals surface area (Å²) in [5.74, 6) is 1.71. The summed E-state index contributed by atoms with van der Waals surface area (Å²) in [4.78, 5) is 41.5. The molecule has 11 nitrogen and oxygen atoms in total. The van der Waals surface area contributed by atoms with Gasteiger partial charge < -0.3 is 5.32 Å². The Kier molecular flexibility index (Phi) is 6.81. The summed E-state index contributed by atoms with van der Waals surface area (Å²) >= 11 is 0. The number of fused-ring (bicyclic) bond motifs is 1. The second kappa shape index (κ2) is 10.3. The minimum absolute atomic E-state index is 0.00749. The summed E-state index contributed by atoms with van der Waals surface area (Å²) in [6.45, 7) is 6.35. The van der Waals surface area contributed by atoms with Crippen LogP contribution in [-0.4, -0.2) is 48.6 Å². The zero-order valence-corrected chi connectivity index (χ0v) is 23.6. The molecular formula is C28H32N8O3S. The van der Waals surface area contributed by atoms with Crippen molar-refractivity contribution in [1.82, 2.24) is 34.5 Å². The van der Waals surface area contributed by atoms with Gasteiger partial charge in [-0.15, -0.1) is 0 Å². The Balaban J connectivity index is 1.37.